The molecule has 2 aliphatic heterocycles. The number of carboxylic acid groups (broad SMARTS) is 1. The fraction of sp³-hybridized carbons (Fsp3) is 0.562. The Kier molecular flexibility index (Phi) is 4.78. The number of nitrogens with one attached hydrogen (secondary N) is 1. The molecule has 0 amide bonds. The third kappa shape index (κ3) is 3.33. The van der Waals surface area contributed by atoms with Gasteiger partial charge in [0.05, 0.1) is 13.0 Å². The summed E-state index contributed by atoms with van der Waals surface area (Å²) in [7, 11) is 1.64. The summed E-state index contributed by atoms with van der Waals surface area (Å²) >= 11 is 1.91. The van der Waals surface area contributed by atoms with Gasteiger partial charge in [-0.1, -0.05) is 6.07 Å². The van der Waals surface area contributed by atoms with Crippen molar-refractivity contribution in [3.05, 3.63) is 23.8 Å². The van der Waals surface area contributed by atoms with Gasteiger partial charge in [0.1, 0.15) is 6.10 Å². The summed E-state index contributed by atoms with van der Waals surface area (Å²) < 4.78 is 11.5. The Morgan fingerprint density at radius 3 is 2.91 bits per heavy atom. The Balaban J connectivity index is 1.72. The molecule has 3 rings (SSSR count). The molecule has 0 aliphatic carbocycles. The maximum absolute atomic E-state index is 11.1. The monoisotopic (exact) mass is 323 g/mol. The van der Waals surface area contributed by atoms with E-state index < -0.39 is 5.97 Å². The number of hydrogen-bond donors (Lipinski definition) is 2. The predicted octanol–water partition coefficient (Wildman–Crippen LogP) is 2.31. The Morgan fingerprint density at radius 1 is 1.41 bits per heavy atom. The van der Waals surface area contributed by atoms with Crippen molar-refractivity contribution < 1.29 is 19.4 Å². The number of methoxy groups -OCH3 is 1. The summed E-state index contributed by atoms with van der Waals surface area (Å²) in [5, 5.41) is 12.4. The molecule has 0 spiro atoms. The zero-order chi connectivity index (χ0) is 15.5. The molecule has 5 nitrogen and oxygen atoms in total. The SMILES string of the molecule is COc1cc(C2CC(C(=O)O)CN2)ccc1OC1CCSC1. The molecular formula is C16H21NO4S. The molecule has 2 heterocycles. The number of thioether (sulfide) groups is 1. The highest BCUT2D eigenvalue weighted by Crippen LogP contribution is 2.36. The topological polar surface area (TPSA) is 67.8 Å². The van der Waals surface area contributed by atoms with Crippen molar-refractivity contribution in [1.82, 2.24) is 5.32 Å². The third-order valence-electron chi connectivity index (χ3n) is 4.25. The van der Waals surface area contributed by atoms with E-state index in [9.17, 15) is 4.79 Å². The number of benzene rings is 1. The van der Waals surface area contributed by atoms with Crippen molar-refractivity contribution in [2.75, 3.05) is 25.2 Å². The maximum Gasteiger partial charge on any atom is 0.307 e. The van der Waals surface area contributed by atoms with Gasteiger partial charge in [0.2, 0.25) is 0 Å². The van der Waals surface area contributed by atoms with Crippen molar-refractivity contribution in [1.29, 1.82) is 0 Å². The lowest BCUT2D eigenvalue weighted by Gasteiger charge is -2.18. The first-order valence-electron chi connectivity index (χ1n) is 7.56. The van der Waals surface area contributed by atoms with E-state index in [1.165, 1.54) is 0 Å². The Labute approximate surface area is 134 Å². The molecule has 3 atom stereocenters. The first-order valence-corrected chi connectivity index (χ1v) is 8.71. The summed E-state index contributed by atoms with van der Waals surface area (Å²) in [5.74, 6) is 2.60. The molecule has 1 aromatic rings. The van der Waals surface area contributed by atoms with Crippen molar-refractivity contribution in [2.24, 2.45) is 5.92 Å². The molecule has 0 saturated carbocycles. The minimum atomic E-state index is -0.736. The molecule has 3 unspecified atom stereocenters. The maximum atomic E-state index is 11.1. The van der Waals surface area contributed by atoms with Gasteiger partial charge in [-0.3, -0.25) is 4.79 Å². The Hall–Kier alpha value is -1.40. The van der Waals surface area contributed by atoms with Crippen molar-refractivity contribution in [3.63, 3.8) is 0 Å². The van der Waals surface area contributed by atoms with Gasteiger partial charge in [-0.25, -0.2) is 0 Å². The second-order valence-corrected chi connectivity index (χ2v) is 6.90. The van der Waals surface area contributed by atoms with Crippen LogP contribution in [0.3, 0.4) is 0 Å². The van der Waals surface area contributed by atoms with Crippen LogP contribution in [0.2, 0.25) is 0 Å². The highest BCUT2D eigenvalue weighted by molar-refractivity contribution is 7.99. The van der Waals surface area contributed by atoms with Crippen LogP contribution >= 0.6 is 11.8 Å². The predicted molar refractivity (Wildman–Crippen MR) is 85.8 cm³/mol. The number of ether oxygens (including phenoxy) is 2. The smallest absolute Gasteiger partial charge is 0.307 e. The zero-order valence-electron chi connectivity index (χ0n) is 12.6. The first-order chi connectivity index (χ1) is 10.7. The molecule has 22 heavy (non-hydrogen) atoms. The largest absolute Gasteiger partial charge is 0.493 e. The summed E-state index contributed by atoms with van der Waals surface area (Å²) in [5.41, 5.74) is 1.05. The van der Waals surface area contributed by atoms with Crippen LogP contribution in [-0.2, 0) is 4.79 Å². The first kappa shape index (κ1) is 15.5. The molecule has 6 heteroatoms. The van der Waals surface area contributed by atoms with Crippen LogP contribution in [0.4, 0.5) is 0 Å². The van der Waals surface area contributed by atoms with Crippen LogP contribution in [0.5, 0.6) is 11.5 Å². The van der Waals surface area contributed by atoms with E-state index in [-0.39, 0.29) is 18.1 Å². The van der Waals surface area contributed by atoms with Crippen molar-refractivity contribution in [2.45, 2.75) is 25.0 Å². The molecule has 0 aromatic heterocycles. The average molecular weight is 323 g/mol. The van der Waals surface area contributed by atoms with Crippen LogP contribution in [0.1, 0.15) is 24.4 Å². The van der Waals surface area contributed by atoms with E-state index >= 15 is 0 Å². The molecule has 1 aromatic carbocycles. The fourth-order valence-corrected chi connectivity index (χ4v) is 4.06. The van der Waals surface area contributed by atoms with E-state index in [2.05, 4.69) is 5.32 Å². The fourth-order valence-electron chi connectivity index (χ4n) is 2.96. The highest BCUT2D eigenvalue weighted by atomic mass is 32.2. The molecule has 0 radical (unpaired) electrons. The molecule has 2 aliphatic rings. The quantitative estimate of drug-likeness (QED) is 0.867. The lowest BCUT2D eigenvalue weighted by Crippen LogP contribution is -2.17. The highest BCUT2D eigenvalue weighted by Gasteiger charge is 2.30. The minimum absolute atomic E-state index is 0.0612. The van der Waals surface area contributed by atoms with Crippen LogP contribution in [-0.4, -0.2) is 42.3 Å². The van der Waals surface area contributed by atoms with Gasteiger partial charge in [-0.2, -0.15) is 11.8 Å². The van der Waals surface area contributed by atoms with Gasteiger partial charge < -0.3 is 19.9 Å². The van der Waals surface area contributed by atoms with E-state index in [4.69, 9.17) is 14.6 Å². The molecule has 2 saturated heterocycles. The minimum Gasteiger partial charge on any atom is -0.493 e. The number of carbonyl (C=O) groups is 1. The van der Waals surface area contributed by atoms with Gasteiger partial charge in [0.25, 0.3) is 0 Å². The van der Waals surface area contributed by atoms with E-state index in [1.807, 2.05) is 30.0 Å². The summed E-state index contributed by atoms with van der Waals surface area (Å²) in [4.78, 5) is 11.1. The van der Waals surface area contributed by atoms with E-state index in [0.717, 1.165) is 35.0 Å². The number of carboxylic acids is 1. The Bertz CT molecular complexity index is 545. The van der Waals surface area contributed by atoms with E-state index in [1.54, 1.807) is 7.11 Å². The van der Waals surface area contributed by atoms with Crippen LogP contribution in [0.25, 0.3) is 0 Å². The molecular weight excluding hydrogens is 302 g/mol. The van der Waals surface area contributed by atoms with Crippen molar-refractivity contribution in [3.8, 4) is 11.5 Å². The number of aliphatic carboxylic acids is 1. The molecule has 120 valence electrons. The Morgan fingerprint density at radius 2 is 2.27 bits per heavy atom. The standard InChI is InChI=1S/C16H21NO4S/c1-20-15-7-10(13-6-11(8-17-13)16(18)19)2-3-14(15)21-12-4-5-22-9-12/h2-3,7,11-13,17H,4-6,8-9H2,1H3,(H,18,19). The van der Waals surface area contributed by atoms with Gasteiger partial charge in [-0.15, -0.1) is 0 Å². The molecule has 2 N–H and O–H groups in total. The third-order valence-corrected chi connectivity index (χ3v) is 5.38. The van der Waals surface area contributed by atoms with E-state index in [0.29, 0.717) is 13.0 Å². The number of hydrogen-bond acceptors (Lipinski definition) is 5. The van der Waals surface area contributed by atoms with Crippen LogP contribution in [0.15, 0.2) is 18.2 Å². The lowest BCUT2D eigenvalue weighted by molar-refractivity contribution is -0.141. The molecule has 2 fully saturated rings. The summed E-state index contributed by atoms with van der Waals surface area (Å²) in [6.45, 7) is 0.514. The second kappa shape index (κ2) is 6.79. The zero-order valence-corrected chi connectivity index (χ0v) is 13.4. The lowest BCUT2D eigenvalue weighted by atomic mass is 10.00. The van der Waals surface area contributed by atoms with Gasteiger partial charge in [0.15, 0.2) is 11.5 Å². The number of rotatable bonds is 5. The average Bonchev–Trinajstić information content (AvgIpc) is 3.18. The summed E-state index contributed by atoms with van der Waals surface area (Å²) in [6.07, 6.45) is 1.93. The second-order valence-electron chi connectivity index (χ2n) is 5.75. The molecule has 0 bridgehead atoms. The normalized spacial score (nSPS) is 27.8. The van der Waals surface area contributed by atoms with Gasteiger partial charge >= 0.3 is 5.97 Å². The summed E-state index contributed by atoms with van der Waals surface area (Å²) in [6, 6.07) is 5.96. The van der Waals surface area contributed by atoms with Crippen LogP contribution < -0.4 is 14.8 Å². The van der Waals surface area contributed by atoms with Crippen LogP contribution in [0, 0.1) is 5.92 Å². The van der Waals surface area contributed by atoms with Gasteiger partial charge in [-0.05, 0) is 36.3 Å². The van der Waals surface area contributed by atoms with Crippen molar-refractivity contribution >= 4 is 17.7 Å². The van der Waals surface area contributed by atoms with Gasteiger partial charge in [0, 0.05) is 18.3 Å².